The number of hydrogen-bond acceptors (Lipinski definition) is 4. The van der Waals surface area contributed by atoms with Gasteiger partial charge in [-0.05, 0) is 25.2 Å². The molecule has 1 aromatic rings. The van der Waals surface area contributed by atoms with Crippen LogP contribution in [0.25, 0.3) is 0 Å². The van der Waals surface area contributed by atoms with Crippen molar-refractivity contribution in [3.8, 4) is 0 Å². The molecule has 1 fully saturated rings. The molecule has 0 radical (unpaired) electrons. The van der Waals surface area contributed by atoms with Gasteiger partial charge in [0.25, 0.3) is 0 Å². The minimum absolute atomic E-state index is 0.526. The Bertz CT molecular complexity index is 329. The van der Waals surface area contributed by atoms with E-state index in [1.165, 1.54) is 19.3 Å². The fourth-order valence-corrected chi connectivity index (χ4v) is 2.17. The predicted molar refractivity (Wildman–Crippen MR) is 64.0 cm³/mol. The fourth-order valence-electron chi connectivity index (χ4n) is 2.01. The minimum atomic E-state index is 0.526. The summed E-state index contributed by atoms with van der Waals surface area (Å²) in [5.74, 6) is 1.97. The molecule has 16 heavy (non-hydrogen) atoms. The summed E-state index contributed by atoms with van der Waals surface area (Å²) in [6, 6.07) is 0.661. The highest BCUT2D eigenvalue weighted by Gasteiger charge is 2.18. The summed E-state index contributed by atoms with van der Waals surface area (Å²) in [6.07, 6.45) is 4.35. The van der Waals surface area contributed by atoms with Gasteiger partial charge < -0.3 is 9.32 Å². The van der Waals surface area contributed by atoms with Gasteiger partial charge in [-0.2, -0.15) is 0 Å². The Hall–Kier alpha value is -0.770. The quantitative estimate of drug-likeness (QED) is 0.765. The smallest absolute Gasteiger partial charge is 0.318 e. The molecule has 1 unspecified atom stereocenters. The highest BCUT2D eigenvalue weighted by molar-refractivity contribution is 6.17. The van der Waals surface area contributed by atoms with Gasteiger partial charge in [-0.25, -0.2) is 0 Å². The topological polar surface area (TPSA) is 42.2 Å². The van der Waals surface area contributed by atoms with E-state index in [1.807, 2.05) is 0 Å². The van der Waals surface area contributed by atoms with E-state index in [0.29, 0.717) is 24.2 Å². The maximum Gasteiger partial charge on any atom is 0.318 e. The minimum Gasteiger partial charge on any atom is -0.408 e. The van der Waals surface area contributed by atoms with E-state index in [1.54, 1.807) is 0 Å². The lowest BCUT2D eigenvalue weighted by Crippen LogP contribution is -2.24. The molecule has 1 aliphatic heterocycles. The molecule has 1 aromatic heterocycles. The lowest BCUT2D eigenvalue weighted by atomic mass is 10.0. The predicted octanol–water partition coefficient (Wildman–Crippen LogP) is 2.48. The number of rotatable bonds is 3. The Balaban J connectivity index is 1.99. The van der Waals surface area contributed by atoms with Gasteiger partial charge in [0.1, 0.15) is 0 Å². The van der Waals surface area contributed by atoms with Gasteiger partial charge in [0.05, 0.1) is 0 Å². The van der Waals surface area contributed by atoms with Gasteiger partial charge in [-0.1, -0.05) is 12.0 Å². The van der Waals surface area contributed by atoms with E-state index in [-0.39, 0.29) is 0 Å². The summed E-state index contributed by atoms with van der Waals surface area (Å²) in [5, 5.41) is 8.06. The Kier molecular flexibility index (Phi) is 4.04. The number of aryl methyl sites for hydroxylation is 1. The van der Waals surface area contributed by atoms with Gasteiger partial charge in [0, 0.05) is 25.4 Å². The third kappa shape index (κ3) is 2.88. The lowest BCUT2D eigenvalue weighted by Gasteiger charge is -2.16. The molecule has 1 aliphatic rings. The zero-order chi connectivity index (χ0) is 11.4. The third-order valence-electron chi connectivity index (χ3n) is 3.05. The largest absolute Gasteiger partial charge is 0.408 e. The van der Waals surface area contributed by atoms with Crippen molar-refractivity contribution >= 4 is 17.6 Å². The van der Waals surface area contributed by atoms with Crippen molar-refractivity contribution < 1.29 is 4.42 Å². The molecule has 2 rings (SSSR count). The van der Waals surface area contributed by atoms with E-state index in [4.69, 9.17) is 16.0 Å². The number of anilines is 1. The summed E-state index contributed by atoms with van der Waals surface area (Å²) in [6.45, 7) is 4.34. The molecule has 4 nitrogen and oxygen atoms in total. The molecule has 0 aromatic carbocycles. The highest BCUT2D eigenvalue weighted by atomic mass is 35.5. The fraction of sp³-hybridized carbons (Fsp3) is 0.818. The zero-order valence-corrected chi connectivity index (χ0v) is 10.4. The van der Waals surface area contributed by atoms with Crippen molar-refractivity contribution in [2.45, 2.75) is 32.6 Å². The average Bonchev–Trinajstić information content (AvgIpc) is 2.62. The van der Waals surface area contributed by atoms with Crippen LogP contribution in [0.5, 0.6) is 0 Å². The standard InChI is InChI=1S/C11H18ClN3O/c1-9-3-2-7-15(8-5-9)11-14-13-10(16-11)4-6-12/h9H,2-8H2,1H3. The summed E-state index contributed by atoms with van der Waals surface area (Å²) >= 11 is 5.63. The second-order valence-electron chi connectivity index (χ2n) is 4.44. The molecular formula is C11H18ClN3O. The monoisotopic (exact) mass is 243 g/mol. The van der Waals surface area contributed by atoms with Crippen LogP contribution in [-0.2, 0) is 6.42 Å². The van der Waals surface area contributed by atoms with Crippen LogP contribution >= 0.6 is 11.6 Å². The first kappa shape index (κ1) is 11.7. The maximum atomic E-state index is 5.63. The van der Waals surface area contributed by atoms with Crippen LogP contribution in [0, 0.1) is 5.92 Å². The molecule has 1 saturated heterocycles. The van der Waals surface area contributed by atoms with Gasteiger partial charge in [0.2, 0.25) is 5.89 Å². The van der Waals surface area contributed by atoms with Crippen molar-refractivity contribution in [2.24, 2.45) is 5.92 Å². The maximum absolute atomic E-state index is 5.63. The van der Waals surface area contributed by atoms with Crippen LogP contribution in [0.4, 0.5) is 6.01 Å². The van der Waals surface area contributed by atoms with E-state index >= 15 is 0 Å². The third-order valence-corrected chi connectivity index (χ3v) is 3.24. The Morgan fingerprint density at radius 3 is 3.06 bits per heavy atom. The van der Waals surface area contributed by atoms with Crippen molar-refractivity contribution in [1.82, 2.24) is 10.2 Å². The Labute approximate surface area is 101 Å². The normalized spacial score (nSPS) is 22.1. The molecule has 90 valence electrons. The summed E-state index contributed by atoms with van der Waals surface area (Å²) in [7, 11) is 0. The number of nitrogens with zero attached hydrogens (tertiary/aromatic N) is 3. The Morgan fingerprint density at radius 2 is 2.25 bits per heavy atom. The summed E-state index contributed by atoms with van der Waals surface area (Å²) in [4.78, 5) is 2.19. The zero-order valence-electron chi connectivity index (χ0n) is 9.65. The summed E-state index contributed by atoms with van der Waals surface area (Å²) < 4.78 is 5.57. The second-order valence-corrected chi connectivity index (χ2v) is 4.82. The lowest BCUT2D eigenvalue weighted by molar-refractivity contribution is 0.486. The summed E-state index contributed by atoms with van der Waals surface area (Å²) in [5.41, 5.74) is 0. The van der Waals surface area contributed by atoms with Crippen LogP contribution < -0.4 is 4.90 Å². The van der Waals surface area contributed by atoms with Gasteiger partial charge in [0.15, 0.2) is 0 Å². The van der Waals surface area contributed by atoms with E-state index in [0.717, 1.165) is 19.0 Å². The van der Waals surface area contributed by atoms with Crippen LogP contribution in [0.3, 0.4) is 0 Å². The Morgan fingerprint density at radius 1 is 1.38 bits per heavy atom. The van der Waals surface area contributed by atoms with Crippen molar-refractivity contribution in [2.75, 3.05) is 23.9 Å². The van der Waals surface area contributed by atoms with Crippen LogP contribution in [-0.4, -0.2) is 29.2 Å². The second kappa shape index (κ2) is 5.53. The average molecular weight is 244 g/mol. The van der Waals surface area contributed by atoms with Crippen molar-refractivity contribution in [3.05, 3.63) is 5.89 Å². The first-order valence-electron chi connectivity index (χ1n) is 5.93. The van der Waals surface area contributed by atoms with E-state index in [9.17, 15) is 0 Å². The molecule has 0 N–H and O–H groups in total. The molecule has 1 atom stereocenters. The van der Waals surface area contributed by atoms with Crippen molar-refractivity contribution in [3.63, 3.8) is 0 Å². The van der Waals surface area contributed by atoms with Crippen LogP contribution in [0.2, 0.25) is 0 Å². The number of halogens is 1. The SMILES string of the molecule is CC1CCCN(c2nnc(CCCl)o2)CC1. The van der Waals surface area contributed by atoms with Crippen molar-refractivity contribution in [1.29, 1.82) is 0 Å². The first-order valence-corrected chi connectivity index (χ1v) is 6.46. The molecule has 0 saturated carbocycles. The van der Waals surface area contributed by atoms with E-state index < -0.39 is 0 Å². The molecule has 0 amide bonds. The number of aromatic nitrogens is 2. The molecule has 0 spiro atoms. The molecule has 5 heteroatoms. The first-order chi connectivity index (χ1) is 7.79. The van der Waals surface area contributed by atoms with Crippen LogP contribution in [0.1, 0.15) is 32.1 Å². The van der Waals surface area contributed by atoms with E-state index in [2.05, 4.69) is 22.0 Å². The molecular weight excluding hydrogens is 226 g/mol. The van der Waals surface area contributed by atoms with Gasteiger partial charge in [-0.15, -0.1) is 16.7 Å². The molecule has 0 aliphatic carbocycles. The van der Waals surface area contributed by atoms with Gasteiger partial charge in [-0.3, -0.25) is 0 Å². The number of hydrogen-bond donors (Lipinski definition) is 0. The highest BCUT2D eigenvalue weighted by Crippen LogP contribution is 2.21. The molecule has 0 bridgehead atoms. The van der Waals surface area contributed by atoms with Crippen LogP contribution in [0.15, 0.2) is 4.42 Å². The number of alkyl halides is 1. The van der Waals surface area contributed by atoms with Gasteiger partial charge >= 0.3 is 6.01 Å². The molecule has 2 heterocycles.